The fourth-order valence-corrected chi connectivity index (χ4v) is 2.85. The molecule has 1 aliphatic heterocycles. The van der Waals surface area contributed by atoms with Gasteiger partial charge in [-0.3, -0.25) is 4.79 Å². The van der Waals surface area contributed by atoms with Crippen molar-refractivity contribution in [2.24, 2.45) is 5.41 Å². The Labute approximate surface area is 125 Å². The standard InChI is InChI=1S/C15H21ClN2O2/c1-15(6-7-17-10-15)14(19)18(2)9-11-8-12(16)4-5-13(11)20-3/h4-5,8,17H,6-7,9-10H2,1-3H3/t15-/m0/s1. The molecule has 1 saturated heterocycles. The van der Waals surface area contributed by atoms with Gasteiger partial charge in [0, 0.05) is 30.7 Å². The summed E-state index contributed by atoms with van der Waals surface area (Å²) in [6.07, 6.45) is 0.878. The Morgan fingerprint density at radius 3 is 2.90 bits per heavy atom. The average Bonchev–Trinajstić information content (AvgIpc) is 2.86. The van der Waals surface area contributed by atoms with Crippen molar-refractivity contribution in [2.75, 3.05) is 27.2 Å². The minimum atomic E-state index is -0.305. The van der Waals surface area contributed by atoms with Crippen LogP contribution in [0.15, 0.2) is 18.2 Å². The molecule has 2 rings (SSSR count). The summed E-state index contributed by atoms with van der Waals surface area (Å²) in [6.45, 7) is 4.15. The summed E-state index contributed by atoms with van der Waals surface area (Å²) in [4.78, 5) is 14.3. The Balaban J connectivity index is 2.13. The van der Waals surface area contributed by atoms with E-state index in [1.807, 2.05) is 26.1 Å². The van der Waals surface area contributed by atoms with Gasteiger partial charge in [-0.05, 0) is 38.1 Å². The van der Waals surface area contributed by atoms with E-state index in [4.69, 9.17) is 16.3 Å². The number of carbonyl (C=O) groups is 1. The van der Waals surface area contributed by atoms with E-state index >= 15 is 0 Å². The molecule has 0 aromatic heterocycles. The zero-order valence-electron chi connectivity index (χ0n) is 12.2. The van der Waals surface area contributed by atoms with E-state index in [2.05, 4.69) is 5.32 Å². The van der Waals surface area contributed by atoms with Crippen LogP contribution in [-0.4, -0.2) is 38.1 Å². The summed E-state index contributed by atoms with van der Waals surface area (Å²) in [6, 6.07) is 5.46. The lowest BCUT2D eigenvalue weighted by Gasteiger charge is -2.28. The van der Waals surface area contributed by atoms with Gasteiger partial charge >= 0.3 is 0 Å². The first-order valence-electron chi connectivity index (χ1n) is 6.75. The number of nitrogens with one attached hydrogen (secondary N) is 1. The molecule has 1 aromatic carbocycles. The third kappa shape index (κ3) is 3.07. The maximum atomic E-state index is 12.6. The Morgan fingerprint density at radius 1 is 1.55 bits per heavy atom. The van der Waals surface area contributed by atoms with Crippen molar-refractivity contribution < 1.29 is 9.53 Å². The lowest BCUT2D eigenvalue weighted by molar-refractivity contribution is -0.139. The van der Waals surface area contributed by atoms with E-state index in [1.165, 1.54) is 0 Å². The van der Waals surface area contributed by atoms with Crippen molar-refractivity contribution in [3.05, 3.63) is 28.8 Å². The van der Waals surface area contributed by atoms with Crippen LogP contribution in [0.3, 0.4) is 0 Å². The van der Waals surface area contributed by atoms with Crippen molar-refractivity contribution in [1.82, 2.24) is 10.2 Å². The Morgan fingerprint density at radius 2 is 2.30 bits per heavy atom. The number of methoxy groups -OCH3 is 1. The number of rotatable bonds is 4. The maximum absolute atomic E-state index is 12.6. The number of hydrogen-bond donors (Lipinski definition) is 1. The molecule has 4 nitrogen and oxygen atoms in total. The second-order valence-electron chi connectivity index (χ2n) is 5.60. The number of benzene rings is 1. The van der Waals surface area contributed by atoms with Crippen LogP contribution in [0.25, 0.3) is 0 Å². The number of ether oxygens (including phenoxy) is 1. The molecule has 1 fully saturated rings. The first kappa shape index (κ1) is 15.1. The van der Waals surface area contributed by atoms with Gasteiger partial charge in [0.1, 0.15) is 5.75 Å². The molecule has 20 heavy (non-hydrogen) atoms. The fraction of sp³-hybridized carbons (Fsp3) is 0.533. The van der Waals surface area contributed by atoms with Gasteiger partial charge in [0.25, 0.3) is 0 Å². The summed E-state index contributed by atoms with van der Waals surface area (Å²) in [5.74, 6) is 0.910. The molecule has 110 valence electrons. The second kappa shape index (κ2) is 6.02. The van der Waals surface area contributed by atoms with Crippen LogP contribution in [0, 0.1) is 5.41 Å². The van der Waals surface area contributed by atoms with Crippen LogP contribution >= 0.6 is 11.6 Å². The van der Waals surface area contributed by atoms with Crippen molar-refractivity contribution in [2.45, 2.75) is 19.9 Å². The van der Waals surface area contributed by atoms with Crippen LogP contribution in [0.1, 0.15) is 18.9 Å². The summed E-state index contributed by atoms with van der Waals surface area (Å²) in [5, 5.41) is 3.90. The molecule has 1 atom stereocenters. The molecular formula is C15H21ClN2O2. The molecule has 1 aliphatic rings. The molecule has 0 bridgehead atoms. The summed E-state index contributed by atoms with van der Waals surface area (Å²) < 4.78 is 5.32. The SMILES string of the molecule is COc1ccc(Cl)cc1CN(C)C(=O)[C@@]1(C)CCNC1. The largest absolute Gasteiger partial charge is 0.496 e. The predicted molar refractivity (Wildman–Crippen MR) is 80.1 cm³/mol. The van der Waals surface area contributed by atoms with Gasteiger partial charge in [-0.1, -0.05) is 11.6 Å². The average molecular weight is 297 g/mol. The van der Waals surface area contributed by atoms with Crippen molar-refractivity contribution in [3.63, 3.8) is 0 Å². The summed E-state index contributed by atoms with van der Waals surface area (Å²) in [7, 11) is 3.45. The van der Waals surface area contributed by atoms with E-state index in [1.54, 1.807) is 18.1 Å². The van der Waals surface area contributed by atoms with E-state index in [0.29, 0.717) is 11.6 Å². The van der Waals surface area contributed by atoms with Crippen LogP contribution in [0.2, 0.25) is 5.02 Å². The third-order valence-electron chi connectivity index (χ3n) is 3.88. The van der Waals surface area contributed by atoms with Crippen LogP contribution < -0.4 is 10.1 Å². The zero-order valence-corrected chi connectivity index (χ0v) is 13.0. The number of nitrogens with zero attached hydrogens (tertiary/aromatic N) is 1. The highest BCUT2D eigenvalue weighted by Crippen LogP contribution is 2.29. The Hall–Kier alpha value is -1.26. The minimum Gasteiger partial charge on any atom is -0.496 e. The number of hydrogen-bond acceptors (Lipinski definition) is 3. The van der Waals surface area contributed by atoms with Crippen LogP contribution in [0.4, 0.5) is 0 Å². The molecule has 0 spiro atoms. The normalized spacial score (nSPS) is 21.8. The minimum absolute atomic E-state index is 0.157. The highest BCUT2D eigenvalue weighted by molar-refractivity contribution is 6.30. The van der Waals surface area contributed by atoms with Gasteiger partial charge in [-0.15, -0.1) is 0 Å². The monoisotopic (exact) mass is 296 g/mol. The molecule has 0 aliphatic carbocycles. The second-order valence-corrected chi connectivity index (χ2v) is 6.04. The van der Waals surface area contributed by atoms with Gasteiger partial charge in [0.05, 0.1) is 12.5 Å². The first-order valence-corrected chi connectivity index (χ1v) is 7.13. The molecular weight excluding hydrogens is 276 g/mol. The smallest absolute Gasteiger partial charge is 0.229 e. The van der Waals surface area contributed by atoms with E-state index in [9.17, 15) is 4.79 Å². The van der Waals surface area contributed by atoms with Gasteiger partial charge in [-0.25, -0.2) is 0 Å². The number of halogens is 1. The Bertz CT molecular complexity index is 499. The van der Waals surface area contributed by atoms with E-state index in [-0.39, 0.29) is 11.3 Å². The first-order chi connectivity index (χ1) is 9.46. The van der Waals surface area contributed by atoms with Crippen molar-refractivity contribution in [3.8, 4) is 5.75 Å². The van der Waals surface area contributed by atoms with Gasteiger partial charge < -0.3 is 15.0 Å². The lowest BCUT2D eigenvalue weighted by Crippen LogP contribution is -2.41. The highest BCUT2D eigenvalue weighted by Gasteiger charge is 2.38. The zero-order chi connectivity index (χ0) is 14.8. The predicted octanol–water partition coefficient (Wildman–Crippen LogP) is 2.31. The molecule has 0 saturated carbocycles. The summed E-state index contributed by atoms with van der Waals surface area (Å²) >= 11 is 6.02. The molecule has 1 aromatic rings. The topological polar surface area (TPSA) is 41.6 Å². The third-order valence-corrected chi connectivity index (χ3v) is 4.12. The van der Waals surface area contributed by atoms with Gasteiger partial charge in [0.2, 0.25) is 5.91 Å². The molecule has 0 radical (unpaired) electrons. The highest BCUT2D eigenvalue weighted by atomic mass is 35.5. The molecule has 5 heteroatoms. The summed E-state index contributed by atoms with van der Waals surface area (Å²) in [5.41, 5.74) is 0.617. The van der Waals surface area contributed by atoms with Crippen molar-refractivity contribution in [1.29, 1.82) is 0 Å². The number of amides is 1. The van der Waals surface area contributed by atoms with E-state index < -0.39 is 0 Å². The fourth-order valence-electron chi connectivity index (χ4n) is 2.66. The quantitative estimate of drug-likeness (QED) is 0.927. The van der Waals surface area contributed by atoms with Gasteiger partial charge in [0.15, 0.2) is 0 Å². The van der Waals surface area contributed by atoms with Crippen molar-refractivity contribution >= 4 is 17.5 Å². The van der Waals surface area contributed by atoms with Gasteiger partial charge in [-0.2, -0.15) is 0 Å². The van der Waals surface area contributed by atoms with Crippen LogP contribution in [-0.2, 0) is 11.3 Å². The van der Waals surface area contributed by atoms with Crippen LogP contribution in [0.5, 0.6) is 5.75 Å². The molecule has 1 heterocycles. The number of carbonyl (C=O) groups excluding carboxylic acids is 1. The molecule has 1 amide bonds. The van der Waals surface area contributed by atoms with E-state index in [0.717, 1.165) is 30.8 Å². The molecule has 1 N–H and O–H groups in total. The molecule has 0 unspecified atom stereocenters. The Kier molecular flexibility index (Phi) is 4.55. The lowest BCUT2D eigenvalue weighted by atomic mass is 9.88. The maximum Gasteiger partial charge on any atom is 0.229 e.